The molecular weight excluding hydrogens is 314 g/mol. The summed E-state index contributed by atoms with van der Waals surface area (Å²) in [5, 5.41) is 1.18. The number of sulfone groups is 1. The predicted molar refractivity (Wildman–Crippen MR) is 78.6 cm³/mol. The first-order valence-electron chi connectivity index (χ1n) is 5.96. The van der Waals surface area contributed by atoms with Crippen molar-refractivity contribution >= 4 is 36.7 Å². The molecule has 0 bridgehead atoms. The van der Waals surface area contributed by atoms with Crippen LogP contribution in [0.5, 0.6) is 0 Å². The number of nitrogens with zero attached hydrogens (tertiary/aromatic N) is 1. The van der Waals surface area contributed by atoms with Crippen molar-refractivity contribution in [1.82, 2.24) is 4.57 Å². The Morgan fingerprint density at radius 1 is 1.28 bits per heavy atom. The standard InChI is InChI=1S/C13H16BrNO2S/c1-2-18(16,17)9-3-7-15-8-6-11-4-5-12(14)10-13(11)15/h4-6,8,10H,2-3,7,9H2,1H3. The van der Waals surface area contributed by atoms with E-state index in [1.54, 1.807) is 6.92 Å². The molecule has 0 aliphatic carbocycles. The van der Waals surface area contributed by atoms with Gasteiger partial charge < -0.3 is 4.57 Å². The molecule has 2 rings (SSSR count). The van der Waals surface area contributed by atoms with Gasteiger partial charge in [-0.2, -0.15) is 0 Å². The molecule has 0 unspecified atom stereocenters. The Morgan fingerprint density at radius 2 is 2.06 bits per heavy atom. The molecule has 0 atom stereocenters. The number of aromatic nitrogens is 1. The lowest BCUT2D eigenvalue weighted by atomic mass is 10.2. The third-order valence-electron chi connectivity index (χ3n) is 3.03. The molecule has 18 heavy (non-hydrogen) atoms. The Kier molecular flexibility index (Phi) is 4.12. The Balaban J connectivity index is 2.11. The van der Waals surface area contributed by atoms with Crippen LogP contribution < -0.4 is 0 Å². The zero-order chi connectivity index (χ0) is 13.2. The quantitative estimate of drug-likeness (QED) is 0.844. The van der Waals surface area contributed by atoms with Crippen molar-refractivity contribution in [2.24, 2.45) is 0 Å². The second-order valence-electron chi connectivity index (χ2n) is 4.30. The Morgan fingerprint density at radius 3 is 2.78 bits per heavy atom. The molecule has 0 spiro atoms. The van der Waals surface area contributed by atoms with Crippen molar-refractivity contribution < 1.29 is 8.42 Å². The van der Waals surface area contributed by atoms with Crippen LogP contribution in [0.2, 0.25) is 0 Å². The topological polar surface area (TPSA) is 39.1 Å². The number of hydrogen-bond acceptors (Lipinski definition) is 2. The fourth-order valence-corrected chi connectivity index (χ4v) is 3.16. The molecule has 0 saturated carbocycles. The number of benzene rings is 1. The Labute approximate surface area is 116 Å². The van der Waals surface area contributed by atoms with Crippen LogP contribution in [-0.4, -0.2) is 24.5 Å². The van der Waals surface area contributed by atoms with E-state index in [1.807, 2.05) is 12.3 Å². The second-order valence-corrected chi connectivity index (χ2v) is 7.69. The summed E-state index contributed by atoms with van der Waals surface area (Å²) >= 11 is 3.45. The normalized spacial score (nSPS) is 12.1. The highest BCUT2D eigenvalue weighted by Crippen LogP contribution is 2.21. The lowest BCUT2D eigenvalue weighted by molar-refractivity contribution is 0.589. The molecule has 1 aromatic carbocycles. The molecule has 0 saturated heterocycles. The molecule has 0 radical (unpaired) electrons. The summed E-state index contributed by atoms with van der Waals surface area (Å²) in [6, 6.07) is 8.17. The van der Waals surface area contributed by atoms with Crippen LogP contribution in [0.1, 0.15) is 13.3 Å². The van der Waals surface area contributed by atoms with Crippen LogP contribution in [-0.2, 0) is 16.4 Å². The van der Waals surface area contributed by atoms with E-state index in [9.17, 15) is 8.42 Å². The average molecular weight is 330 g/mol. The average Bonchev–Trinajstić information content (AvgIpc) is 2.72. The van der Waals surface area contributed by atoms with Crippen LogP contribution in [0.15, 0.2) is 34.9 Å². The smallest absolute Gasteiger partial charge is 0.150 e. The Bertz CT molecular complexity index is 646. The minimum Gasteiger partial charge on any atom is -0.347 e. The zero-order valence-corrected chi connectivity index (χ0v) is 12.7. The molecule has 5 heteroatoms. The van der Waals surface area contributed by atoms with E-state index in [4.69, 9.17) is 0 Å². The van der Waals surface area contributed by atoms with Crippen molar-refractivity contribution in [1.29, 1.82) is 0 Å². The fourth-order valence-electron chi connectivity index (χ4n) is 1.95. The van der Waals surface area contributed by atoms with E-state index >= 15 is 0 Å². The van der Waals surface area contributed by atoms with E-state index in [1.165, 1.54) is 5.39 Å². The molecule has 0 N–H and O–H groups in total. The molecule has 0 fully saturated rings. The molecule has 0 aliphatic rings. The number of aryl methyl sites for hydroxylation is 1. The highest BCUT2D eigenvalue weighted by Gasteiger charge is 2.07. The summed E-state index contributed by atoms with van der Waals surface area (Å²) in [7, 11) is -2.86. The van der Waals surface area contributed by atoms with Gasteiger partial charge in [-0.25, -0.2) is 8.42 Å². The van der Waals surface area contributed by atoms with Gasteiger partial charge in [-0.05, 0) is 30.0 Å². The number of halogens is 1. The maximum atomic E-state index is 11.4. The van der Waals surface area contributed by atoms with Gasteiger partial charge in [0.2, 0.25) is 0 Å². The summed E-state index contributed by atoms with van der Waals surface area (Å²) in [6.07, 6.45) is 2.67. The molecular formula is C13H16BrNO2S. The molecule has 1 aromatic heterocycles. The maximum Gasteiger partial charge on any atom is 0.150 e. The maximum absolute atomic E-state index is 11.4. The third-order valence-corrected chi connectivity index (χ3v) is 5.31. The van der Waals surface area contributed by atoms with Gasteiger partial charge >= 0.3 is 0 Å². The minimum absolute atomic E-state index is 0.227. The van der Waals surface area contributed by atoms with Crippen molar-refractivity contribution in [3.05, 3.63) is 34.9 Å². The number of fused-ring (bicyclic) bond motifs is 1. The van der Waals surface area contributed by atoms with E-state index < -0.39 is 9.84 Å². The van der Waals surface area contributed by atoms with Gasteiger partial charge in [0.1, 0.15) is 9.84 Å². The van der Waals surface area contributed by atoms with E-state index in [0.717, 1.165) is 16.5 Å². The summed E-state index contributed by atoms with van der Waals surface area (Å²) in [5.74, 6) is 0.488. The van der Waals surface area contributed by atoms with E-state index in [0.29, 0.717) is 6.42 Å². The second kappa shape index (κ2) is 5.45. The van der Waals surface area contributed by atoms with Crippen LogP contribution in [0, 0.1) is 0 Å². The zero-order valence-electron chi connectivity index (χ0n) is 10.3. The van der Waals surface area contributed by atoms with Crippen LogP contribution in [0.3, 0.4) is 0 Å². The summed E-state index contributed by atoms with van der Waals surface area (Å²) in [6.45, 7) is 2.43. The fraction of sp³-hybridized carbons (Fsp3) is 0.385. The minimum atomic E-state index is -2.86. The van der Waals surface area contributed by atoms with Crippen molar-refractivity contribution in [3.63, 3.8) is 0 Å². The first-order chi connectivity index (χ1) is 8.52. The molecule has 1 heterocycles. The monoisotopic (exact) mass is 329 g/mol. The highest BCUT2D eigenvalue weighted by molar-refractivity contribution is 9.10. The van der Waals surface area contributed by atoms with E-state index in [-0.39, 0.29) is 11.5 Å². The van der Waals surface area contributed by atoms with Gasteiger partial charge in [-0.15, -0.1) is 0 Å². The van der Waals surface area contributed by atoms with Gasteiger partial charge in [0, 0.05) is 28.5 Å². The number of hydrogen-bond donors (Lipinski definition) is 0. The first kappa shape index (κ1) is 13.6. The van der Waals surface area contributed by atoms with Crippen molar-refractivity contribution in [2.75, 3.05) is 11.5 Å². The van der Waals surface area contributed by atoms with Gasteiger partial charge in [0.25, 0.3) is 0 Å². The summed E-state index contributed by atoms with van der Waals surface area (Å²) < 4.78 is 26.0. The van der Waals surface area contributed by atoms with Gasteiger partial charge in [0.15, 0.2) is 0 Å². The third kappa shape index (κ3) is 3.14. The first-order valence-corrected chi connectivity index (χ1v) is 8.58. The van der Waals surface area contributed by atoms with Crippen molar-refractivity contribution in [2.45, 2.75) is 19.9 Å². The lowest BCUT2D eigenvalue weighted by Gasteiger charge is -2.06. The largest absolute Gasteiger partial charge is 0.347 e. The molecule has 3 nitrogen and oxygen atoms in total. The molecule has 0 aliphatic heterocycles. The van der Waals surface area contributed by atoms with Gasteiger partial charge in [-0.3, -0.25) is 0 Å². The van der Waals surface area contributed by atoms with Crippen LogP contribution >= 0.6 is 15.9 Å². The predicted octanol–water partition coefficient (Wildman–Crippen LogP) is 3.23. The SMILES string of the molecule is CCS(=O)(=O)CCCn1ccc2ccc(Br)cc21. The summed E-state index contributed by atoms with van der Waals surface area (Å²) in [4.78, 5) is 0. The van der Waals surface area contributed by atoms with Crippen molar-refractivity contribution in [3.8, 4) is 0 Å². The Hall–Kier alpha value is -0.810. The molecule has 2 aromatic rings. The van der Waals surface area contributed by atoms with Crippen LogP contribution in [0.25, 0.3) is 10.9 Å². The van der Waals surface area contributed by atoms with Crippen LogP contribution in [0.4, 0.5) is 0 Å². The molecule has 0 amide bonds. The van der Waals surface area contributed by atoms with Gasteiger partial charge in [0.05, 0.1) is 5.75 Å². The lowest BCUT2D eigenvalue weighted by Crippen LogP contribution is -2.10. The number of rotatable bonds is 5. The van der Waals surface area contributed by atoms with Gasteiger partial charge in [-0.1, -0.05) is 28.9 Å². The highest BCUT2D eigenvalue weighted by atomic mass is 79.9. The van der Waals surface area contributed by atoms with E-state index in [2.05, 4.69) is 38.7 Å². The summed E-state index contributed by atoms with van der Waals surface area (Å²) in [5.41, 5.74) is 1.14. The molecule has 98 valence electrons.